The lowest BCUT2D eigenvalue weighted by Crippen LogP contribution is -2.41. The molecule has 2 heterocycles. The number of hydrogen-bond acceptors (Lipinski definition) is 3. The summed E-state index contributed by atoms with van der Waals surface area (Å²) in [6.07, 6.45) is 4.11. The zero-order valence-corrected chi connectivity index (χ0v) is 16.1. The summed E-state index contributed by atoms with van der Waals surface area (Å²) in [5, 5.41) is 0. The van der Waals surface area contributed by atoms with Crippen LogP contribution >= 0.6 is 0 Å². The Morgan fingerprint density at radius 1 is 0.964 bits per heavy atom. The largest absolute Gasteiger partial charge is 0.490 e. The highest BCUT2D eigenvalue weighted by molar-refractivity contribution is 5.96. The third kappa shape index (κ3) is 4.53. The van der Waals surface area contributed by atoms with E-state index in [4.69, 9.17) is 4.74 Å². The van der Waals surface area contributed by atoms with Crippen LogP contribution in [0.1, 0.15) is 35.2 Å². The van der Waals surface area contributed by atoms with Gasteiger partial charge in [-0.05, 0) is 68.1 Å². The van der Waals surface area contributed by atoms with Gasteiger partial charge in [-0.15, -0.1) is 0 Å². The molecule has 0 aromatic heterocycles. The van der Waals surface area contributed by atoms with E-state index in [0.717, 1.165) is 69.7 Å². The van der Waals surface area contributed by atoms with Crippen LogP contribution in [-0.2, 0) is 6.42 Å². The van der Waals surface area contributed by atoms with Crippen molar-refractivity contribution < 1.29 is 13.9 Å². The quantitative estimate of drug-likeness (QED) is 0.763. The van der Waals surface area contributed by atoms with Crippen LogP contribution in [0.2, 0.25) is 0 Å². The normalized spacial score (nSPS) is 18.2. The summed E-state index contributed by atoms with van der Waals surface area (Å²) in [6.45, 7) is 4.66. The molecule has 0 atom stereocenters. The van der Waals surface area contributed by atoms with Gasteiger partial charge < -0.3 is 14.5 Å². The minimum absolute atomic E-state index is 0.174. The van der Waals surface area contributed by atoms with E-state index in [1.54, 1.807) is 12.1 Å². The molecule has 148 valence electrons. The summed E-state index contributed by atoms with van der Waals surface area (Å²) in [4.78, 5) is 17.1. The summed E-state index contributed by atoms with van der Waals surface area (Å²) in [6, 6.07) is 14.2. The average molecular weight is 382 g/mol. The molecule has 1 saturated heterocycles. The van der Waals surface area contributed by atoms with E-state index in [1.807, 2.05) is 23.1 Å². The monoisotopic (exact) mass is 382 g/mol. The van der Waals surface area contributed by atoms with Crippen LogP contribution in [0.25, 0.3) is 0 Å². The fourth-order valence-electron chi connectivity index (χ4n) is 4.13. The van der Waals surface area contributed by atoms with Crippen molar-refractivity contribution in [1.29, 1.82) is 0 Å². The van der Waals surface area contributed by atoms with Crippen molar-refractivity contribution in [3.05, 3.63) is 65.5 Å². The number of ether oxygens (including phenoxy) is 1. The molecule has 1 fully saturated rings. The fraction of sp³-hybridized carbons (Fsp3) is 0.435. The number of benzene rings is 2. The molecule has 28 heavy (non-hydrogen) atoms. The molecule has 0 spiro atoms. The number of hydrogen-bond donors (Lipinski definition) is 0. The van der Waals surface area contributed by atoms with Crippen molar-refractivity contribution >= 4 is 5.91 Å². The fourth-order valence-corrected chi connectivity index (χ4v) is 4.13. The summed E-state index contributed by atoms with van der Waals surface area (Å²) in [5.41, 5.74) is 2.04. The Balaban J connectivity index is 1.18. The van der Waals surface area contributed by atoms with Gasteiger partial charge >= 0.3 is 0 Å². The summed E-state index contributed by atoms with van der Waals surface area (Å²) >= 11 is 0. The van der Waals surface area contributed by atoms with Gasteiger partial charge in [-0.3, -0.25) is 4.79 Å². The summed E-state index contributed by atoms with van der Waals surface area (Å²) in [5.74, 6) is 0.676. The van der Waals surface area contributed by atoms with Crippen molar-refractivity contribution in [2.75, 3.05) is 32.7 Å². The summed E-state index contributed by atoms with van der Waals surface area (Å²) < 4.78 is 18.9. The van der Waals surface area contributed by atoms with Crippen LogP contribution < -0.4 is 4.74 Å². The van der Waals surface area contributed by atoms with Gasteiger partial charge in [0.1, 0.15) is 17.7 Å². The number of carbonyl (C=O) groups is 1. The van der Waals surface area contributed by atoms with E-state index < -0.39 is 0 Å². The predicted octanol–water partition coefficient (Wildman–Crippen LogP) is 3.76. The van der Waals surface area contributed by atoms with Crippen molar-refractivity contribution in [3.8, 4) is 5.75 Å². The number of amides is 1. The first-order chi connectivity index (χ1) is 13.7. The number of piperidine rings is 1. The first-order valence-electron chi connectivity index (χ1n) is 10.2. The van der Waals surface area contributed by atoms with Crippen molar-refractivity contribution in [2.45, 2.75) is 31.8 Å². The molecule has 4 nitrogen and oxygen atoms in total. The van der Waals surface area contributed by atoms with Gasteiger partial charge in [0, 0.05) is 31.7 Å². The van der Waals surface area contributed by atoms with E-state index in [1.165, 1.54) is 17.7 Å². The molecule has 0 bridgehead atoms. The maximum Gasteiger partial charge on any atom is 0.254 e. The average Bonchev–Trinajstić information content (AvgIpc) is 2.73. The van der Waals surface area contributed by atoms with Crippen LogP contribution in [0, 0.1) is 5.82 Å². The van der Waals surface area contributed by atoms with Crippen LogP contribution in [0.3, 0.4) is 0 Å². The van der Waals surface area contributed by atoms with Crippen molar-refractivity contribution in [1.82, 2.24) is 9.80 Å². The highest BCUT2D eigenvalue weighted by Crippen LogP contribution is 2.21. The SMILES string of the molecule is O=C1c2ccccc2CCN1CCCN1CCC(Oc2ccc(F)cc2)CC1. The highest BCUT2D eigenvalue weighted by Gasteiger charge is 2.24. The molecule has 0 unspecified atom stereocenters. The van der Waals surface area contributed by atoms with Gasteiger partial charge in [0.25, 0.3) is 5.91 Å². The molecule has 2 aliphatic heterocycles. The van der Waals surface area contributed by atoms with Crippen LogP contribution in [-0.4, -0.2) is 54.5 Å². The third-order valence-corrected chi connectivity index (χ3v) is 5.74. The number of fused-ring (bicyclic) bond motifs is 1. The molecule has 5 heteroatoms. The predicted molar refractivity (Wildman–Crippen MR) is 107 cm³/mol. The van der Waals surface area contributed by atoms with E-state index in [9.17, 15) is 9.18 Å². The number of nitrogens with zero attached hydrogens (tertiary/aromatic N) is 2. The Morgan fingerprint density at radius 2 is 1.71 bits per heavy atom. The smallest absolute Gasteiger partial charge is 0.254 e. The molecule has 2 aromatic carbocycles. The molecular formula is C23H27FN2O2. The number of halogens is 1. The Kier molecular flexibility index (Phi) is 5.91. The van der Waals surface area contributed by atoms with Crippen LogP contribution in [0.4, 0.5) is 4.39 Å². The second-order valence-electron chi connectivity index (χ2n) is 7.67. The standard InChI is InChI=1S/C23H27FN2O2/c24-19-6-8-20(9-7-19)28-21-11-15-25(16-12-21)13-3-14-26-17-10-18-4-1-2-5-22(18)23(26)27/h1-2,4-9,21H,3,10-17H2. The molecule has 2 aromatic rings. The molecule has 2 aliphatic rings. The summed E-state index contributed by atoms with van der Waals surface area (Å²) in [7, 11) is 0. The van der Waals surface area contributed by atoms with Crippen molar-refractivity contribution in [2.24, 2.45) is 0 Å². The third-order valence-electron chi connectivity index (χ3n) is 5.74. The van der Waals surface area contributed by atoms with Gasteiger partial charge in [0.15, 0.2) is 0 Å². The molecular weight excluding hydrogens is 355 g/mol. The van der Waals surface area contributed by atoms with Gasteiger partial charge in [-0.1, -0.05) is 18.2 Å². The van der Waals surface area contributed by atoms with Gasteiger partial charge in [0.05, 0.1) is 0 Å². The van der Waals surface area contributed by atoms with Crippen LogP contribution in [0.15, 0.2) is 48.5 Å². The highest BCUT2D eigenvalue weighted by atomic mass is 19.1. The minimum atomic E-state index is -0.238. The zero-order valence-electron chi connectivity index (χ0n) is 16.1. The molecule has 4 rings (SSSR count). The topological polar surface area (TPSA) is 32.8 Å². The first-order valence-corrected chi connectivity index (χ1v) is 10.2. The minimum Gasteiger partial charge on any atom is -0.490 e. The Bertz CT molecular complexity index is 801. The number of rotatable bonds is 6. The molecule has 1 amide bonds. The van der Waals surface area contributed by atoms with E-state index >= 15 is 0 Å². The maximum atomic E-state index is 13.0. The first kappa shape index (κ1) is 18.9. The van der Waals surface area contributed by atoms with E-state index in [2.05, 4.69) is 11.0 Å². The van der Waals surface area contributed by atoms with E-state index in [-0.39, 0.29) is 17.8 Å². The Labute approximate surface area is 165 Å². The lowest BCUT2D eigenvalue weighted by atomic mass is 9.99. The lowest BCUT2D eigenvalue weighted by Gasteiger charge is -2.33. The zero-order chi connectivity index (χ0) is 19.3. The number of carbonyl (C=O) groups excluding carboxylic acids is 1. The second kappa shape index (κ2) is 8.74. The molecule has 0 aliphatic carbocycles. The lowest BCUT2D eigenvalue weighted by molar-refractivity contribution is 0.0716. The van der Waals surface area contributed by atoms with E-state index in [0.29, 0.717) is 0 Å². The van der Waals surface area contributed by atoms with Gasteiger partial charge in [-0.25, -0.2) is 4.39 Å². The van der Waals surface area contributed by atoms with Gasteiger partial charge in [0.2, 0.25) is 0 Å². The molecule has 0 radical (unpaired) electrons. The maximum absolute atomic E-state index is 13.0. The van der Waals surface area contributed by atoms with Crippen LogP contribution in [0.5, 0.6) is 5.75 Å². The number of likely N-dealkylation sites (tertiary alicyclic amines) is 1. The molecule has 0 saturated carbocycles. The molecule has 0 N–H and O–H groups in total. The van der Waals surface area contributed by atoms with Crippen molar-refractivity contribution in [3.63, 3.8) is 0 Å². The second-order valence-corrected chi connectivity index (χ2v) is 7.67. The Morgan fingerprint density at radius 3 is 2.50 bits per heavy atom. The Hall–Kier alpha value is -2.40. The van der Waals surface area contributed by atoms with Gasteiger partial charge in [-0.2, -0.15) is 0 Å².